The van der Waals surface area contributed by atoms with Gasteiger partial charge < -0.3 is 15.3 Å². The number of hydrogen-bond acceptors (Lipinski definition) is 5. The number of carbonyl (C=O) groups excluding carboxylic acids is 2. The minimum Gasteiger partial charge on any atom is -0.392 e. The van der Waals surface area contributed by atoms with Crippen molar-refractivity contribution < 1.29 is 24.9 Å². The number of hydrogen-bond donors (Lipinski definition) is 3. The third kappa shape index (κ3) is 7.91. The molecule has 1 unspecified atom stereocenters. The monoisotopic (exact) mass is 378 g/mol. The summed E-state index contributed by atoms with van der Waals surface area (Å²) in [5.41, 5.74) is -0.944. The zero-order valence-corrected chi connectivity index (χ0v) is 16.3. The molecule has 3 N–H and O–H groups in total. The number of aliphatic hydroxyl groups excluding tert-OH is 2. The molecule has 1 aliphatic rings. The molecule has 1 fully saturated rings. The largest absolute Gasteiger partial charge is 0.392 e. The lowest BCUT2D eigenvalue weighted by molar-refractivity contribution is -0.122. The summed E-state index contributed by atoms with van der Waals surface area (Å²) < 4.78 is 0. The lowest BCUT2D eigenvalue weighted by Gasteiger charge is -2.22. The Morgan fingerprint density at radius 3 is 2.70 bits per heavy atom. The molecular formula is C22H34O5. The van der Waals surface area contributed by atoms with Crippen molar-refractivity contribution in [1.29, 1.82) is 0 Å². The van der Waals surface area contributed by atoms with Crippen LogP contribution in [0.2, 0.25) is 0 Å². The molecule has 1 saturated carbocycles. The van der Waals surface area contributed by atoms with E-state index in [1.807, 2.05) is 31.2 Å². The van der Waals surface area contributed by atoms with E-state index < -0.39 is 18.3 Å². The number of ketones is 2. The number of Topliss-reactive ketones (excluding diaryl/α,β-unsaturated/α-hetero) is 2. The van der Waals surface area contributed by atoms with Crippen LogP contribution in [-0.2, 0) is 9.59 Å². The maximum absolute atomic E-state index is 12.2. The van der Waals surface area contributed by atoms with Gasteiger partial charge in [-0.05, 0) is 32.1 Å². The zero-order valence-electron chi connectivity index (χ0n) is 16.3. The SMILES string of the molecule is C=CC(O)(C/C=C/[C@H]1[C@H](O)CC(=O)[C@@H]1C/C=C\CCCC(=O)CO)CCC. The fourth-order valence-electron chi connectivity index (χ4n) is 3.53. The molecular weight excluding hydrogens is 344 g/mol. The summed E-state index contributed by atoms with van der Waals surface area (Å²) in [6.07, 6.45) is 12.8. The Morgan fingerprint density at radius 2 is 2.07 bits per heavy atom. The molecule has 0 heterocycles. The number of rotatable bonds is 13. The fraction of sp³-hybridized carbons (Fsp3) is 0.636. The smallest absolute Gasteiger partial charge is 0.158 e. The predicted octanol–water partition coefficient (Wildman–Crippen LogP) is 2.89. The first-order valence-electron chi connectivity index (χ1n) is 9.87. The van der Waals surface area contributed by atoms with Crippen LogP contribution in [0.5, 0.6) is 0 Å². The Labute approximate surface area is 162 Å². The topological polar surface area (TPSA) is 94.8 Å². The molecule has 1 rings (SSSR count). The number of allylic oxidation sites excluding steroid dienone is 2. The van der Waals surface area contributed by atoms with Gasteiger partial charge in [-0.25, -0.2) is 0 Å². The second kappa shape index (κ2) is 12.0. The lowest BCUT2D eigenvalue weighted by Crippen LogP contribution is -2.24. The highest BCUT2D eigenvalue weighted by Gasteiger charge is 2.39. The molecule has 0 aliphatic heterocycles. The van der Waals surface area contributed by atoms with Gasteiger partial charge in [0, 0.05) is 24.7 Å². The van der Waals surface area contributed by atoms with Crippen LogP contribution >= 0.6 is 0 Å². The van der Waals surface area contributed by atoms with Gasteiger partial charge >= 0.3 is 0 Å². The van der Waals surface area contributed by atoms with Gasteiger partial charge in [0.2, 0.25) is 0 Å². The third-order valence-corrected chi connectivity index (χ3v) is 5.18. The maximum Gasteiger partial charge on any atom is 0.158 e. The standard InChI is InChI=1S/C22H34O5/c1-3-13-22(27,4-2)14-9-12-19-18(20(25)15-21(19)26)11-8-6-5-7-10-17(24)16-23/h4,6,8-9,12,18-19,21,23,26-27H,2-3,5,7,10-11,13-16H2,1H3/b8-6-,12-9+/t18-,19-,21-,22?/m1/s1. The summed E-state index contributed by atoms with van der Waals surface area (Å²) in [6, 6.07) is 0. The normalized spacial score (nSPS) is 25.3. The average molecular weight is 379 g/mol. The molecule has 0 radical (unpaired) electrons. The van der Waals surface area contributed by atoms with E-state index in [1.54, 1.807) is 6.08 Å². The van der Waals surface area contributed by atoms with Crippen molar-refractivity contribution in [1.82, 2.24) is 0 Å². The van der Waals surface area contributed by atoms with Gasteiger partial charge in [-0.3, -0.25) is 9.59 Å². The molecule has 0 bridgehead atoms. The summed E-state index contributed by atoms with van der Waals surface area (Å²) in [7, 11) is 0. The third-order valence-electron chi connectivity index (χ3n) is 5.18. The molecule has 27 heavy (non-hydrogen) atoms. The van der Waals surface area contributed by atoms with Gasteiger partial charge in [-0.1, -0.05) is 43.7 Å². The quantitative estimate of drug-likeness (QED) is 0.338. The Hall–Kier alpha value is -1.56. The molecule has 0 aromatic heterocycles. The maximum atomic E-state index is 12.2. The second-order valence-corrected chi connectivity index (χ2v) is 7.41. The Kier molecular flexibility index (Phi) is 10.4. The van der Waals surface area contributed by atoms with Crippen molar-refractivity contribution in [3.05, 3.63) is 37.0 Å². The molecule has 5 heteroatoms. The van der Waals surface area contributed by atoms with Crippen molar-refractivity contribution in [2.45, 2.75) is 70.0 Å². The molecule has 5 nitrogen and oxygen atoms in total. The summed E-state index contributed by atoms with van der Waals surface area (Å²) in [6.45, 7) is 5.28. The molecule has 1 aliphatic carbocycles. The van der Waals surface area contributed by atoms with Crippen LogP contribution in [0, 0.1) is 11.8 Å². The van der Waals surface area contributed by atoms with E-state index in [4.69, 9.17) is 5.11 Å². The number of aliphatic hydroxyl groups is 3. The van der Waals surface area contributed by atoms with E-state index in [1.165, 1.54) is 0 Å². The molecule has 0 saturated heterocycles. The summed E-state index contributed by atoms with van der Waals surface area (Å²) in [4.78, 5) is 23.2. The van der Waals surface area contributed by atoms with Crippen LogP contribution in [-0.4, -0.2) is 45.2 Å². The second-order valence-electron chi connectivity index (χ2n) is 7.41. The van der Waals surface area contributed by atoms with Gasteiger partial charge in [-0.15, -0.1) is 6.58 Å². The van der Waals surface area contributed by atoms with E-state index in [0.29, 0.717) is 32.1 Å². The van der Waals surface area contributed by atoms with Gasteiger partial charge in [-0.2, -0.15) is 0 Å². The molecule has 4 atom stereocenters. The average Bonchev–Trinajstić information content (AvgIpc) is 2.91. The van der Waals surface area contributed by atoms with Crippen LogP contribution in [0.1, 0.15) is 58.3 Å². The highest BCUT2D eigenvalue weighted by molar-refractivity contribution is 5.84. The summed E-state index contributed by atoms with van der Waals surface area (Å²) >= 11 is 0. The minimum atomic E-state index is -0.944. The highest BCUT2D eigenvalue weighted by Crippen LogP contribution is 2.34. The number of carbonyl (C=O) groups is 2. The van der Waals surface area contributed by atoms with E-state index >= 15 is 0 Å². The molecule has 0 amide bonds. The van der Waals surface area contributed by atoms with E-state index in [0.717, 1.165) is 12.8 Å². The van der Waals surface area contributed by atoms with Crippen molar-refractivity contribution in [3.63, 3.8) is 0 Å². The van der Waals surface area contributed by atoms with Gasteiger partial charge in [0.05, 0.1) is 11.7 Å². The van der Waals surface area contributed by atoms with Crippen LogP contribution in [0.15, 0.2) is 37.0 Å². The van der Waals surface area contributed by atoms with Crippen LogP contribution in [0.3, 0.4) is 0 Å². The predicted molar refractivity (Wildman–Crippen MR) is 106 cm³/mol. The molecule has 0 aromatic rings. The molecule has 0 aromatic carbocycles. The first kappa shape index (κ1) is 23.5. The minimum absolute atomic E-state index is 0.0600. The summed E-state index contributed by atoms with van der Waals surface area (Å²) in [5, 5.41) is 29.3. The van der Waals surface area contributed by atoms with Gasteiger partial charge in [0.15, 0.2) is 5.78 Å². The van der Waals surface area contributed by atoms with Gasteiger partial charge in [0.1, 0.15) is 12.4 Å². The van der Waals surface area contributed by atoms with Gasteiger partial charge in [0.25, 0.3) is 0 Å². The van der Waals surface area contributed by atoms with Crippen molar-refractivity contribution in [2.24, 2.45) is 11.8 Å². The molecule has 152 valence electrons. The van der Waals surface area contributed by atoms with Crippen LogP contribution in [0.25, 0.3) is 0 Å². The Balaban J connectivity index is 2.56. The fourth-order valence-corrected chi connectivity index (χ4v) is 3.53. The summed E-state index contributed by atoms with van der Waals surface area (Å²) in [5.74, 6) is -0.599. The Morgan fingerprint density at radius 1 is 1.33 bits per heavy atom. The van der Waals surface area contributed by atoms with Crippen molar-refractivity contribution >= 4 is 11.6 Å². The van der Waals surface area contributed by atoms with E-state index in [9.17, 15) is 19.8 Å². The first-order valence-corrected chi connectivity index (χ1v) is 9.87. The first-order chi connectivity index (χ1) is 12.9. The number of unbranched alkanes of at least 4 members (excludes halogenated alkanes) is 1. The van der Waals surface area contributed by atoms with Crippen LogP contribution < -0.4 is 0 Å². The van der Waals surface area contributed by atoms with E-state index in [2.05, 4.69) is 6.58 Å². The van der Waals surface area contributed by atoms with E-state index in [-0.39, 0.29) is 29.8 Å². The Bertz CT molecular complexity index is 551. The van der Waals surface area contributed by atoms with Crippen molar-refractivity contribution in [2.75, 3.05) is 6.61 Å². The van der Waals surface area contributed by atoms with Crippen LogP contribution in [0.4, 0.5) is 0 Å². The highest BCUT2D eigenvalue weighted by atomic mass is 16.3. The molecule has 0 spiro atoms. The lowest BCUT2D eigenvalue weighted by atomic mass is 9.88. The zero-order chi connectivity index (χ0) is 20.3. The van der Waals surface area contributed by atoms with Crippen molar-refractivity contribution in [3.8, 4) is 0 Å².